The second-order valence-corrected chi connectivity index (χ2v) is 6.96. The van der Waals surface area contributed by atoms with Crippen LogP contribution in [0.5, 0.6) is 5.75 Å². The highest BCUT2D eigenvalue weighted by Crippen LogP contribution is 2.35. The number of hydrogen-bond donors (Lipinski definition) is 0. The summed E-state index contributed by atoms with van der Waals surface area (Å²) in [7, 11) is 3.64. The highest BCUT2D eigenvalue weighted by Gasteiger charge is 2.32. The van der Waals surface area contributed by atoms with E-state index in [2.05, 4.69) is 18.2 Å². The van der Waals surface area contributed by atoms with Crippen molar-refractivity contribution in [2.75, 3.05) is 13.7 Å². The van der Waals surface area contributed by atoms with Gasteiger partial charge in [0.1, 0.15) is 11.4 Å². The first-order valence-electron chi connectivity index (χ1n) is 9.35. The van der Waals surface area contributed by atoms with Gasteiger partial charge in [0, 0.05) is 19.3 Å². The molecule has 138 valence electrons. The molecule has 0 spiro atoms. The summed E-state index contributed by atoms with van der Waals surface area (Å²) in [6, 6.07) is 22.3. The molecule has 1 saturated heterocycles. The van der Waals surface area contributed by atoms with Gasteiger partial charge in [0.2, 0.25) is 0 Å². The Labute approximate surface area is 160 Å². The zero-order chi connectivity index (χ0) is 18.8. The van der Waals surface area contributed by atoms with Crippen molar-refractivity contribution in [2.45, 2.75) is 18.9 Å². The van der Waals surface area contributed by atoms with Crippen molar-refractivity contribution in [1.82, 2.24) is 9.47 Å². The molecule has 4 rings (SSSR count). The van der Waals surface area contributed by atoms with Gasteiger partial charge >= 0.3 is 0 Å². The van der Waals surface area contributed by atoms with Crippen molar-refractivity contribution in [1.29, 1.82) is 0 Å². The molecule has 1 aliphatic rings. The molecule has 3 aromatic rings. The number of carbonyl (C=O) groups is 1. The van der Waals surface area contributed by atoms with E-state index in [9.17, 15) is 4.79 Å². The van der Waals surface area contributed by atoms with E-state index in [0.29, 0.717) is 0 Å². The largest absolute Gasteiger partial charge is 0.497 e. The van der Waals surface area contributed by atoms with Crippen molar-refractivity contribution >= 4 is 5.91 Å². The van der Waals surface area contributed by atoms with Crippen molar-refractivity contribution in [2.24, 2.45) is 7.05 Å². The average molecular weight is 360 g/mol. The maximum Gasteiger partial charge on any atom is 0.270 e. The van der Waals surface area contributed by atoms with Crippen LogP contribution in [-0.4, -0.2) is 29.0 Å². The van der Waals surface area contributed by atoms with Gasteiger partial charge in [-0.3, -0.25) is 4.79 Å². The lowest BCUT2D eigenvalue weighted by Crippen LogP contribution is -2.31. The molecule has 2 heterocycles. The lowest BCUT2D eigenvalue weighted by molar-refractivity contribution is 0.0726. The highest BCUT2D eigenvalue weighted by molar-refractivity contribution is 5.94. The predicted molar refractivity (Wildman–Crippen MR) is 107 cm³/mol. The Morgan fingerprint density at radius 2 is 1.85 bits per heavy atom. The molecule has 1 atom stereocenters. The van der Waals surface area contributed by atoms with Crippen molar-refractivity contribution < 1.29 is 9.53 Å². The number of ether oxygens (including phenoxy) is 1. The molecule has 2 aromatic carbocycles. The normalized spacial score (nSPS) is 16.5. The molecular formula is C23H24N2O2. The zero-order valence-corrected chi connectivity index (χ0v) is 15.8. The summed E-state index contributed by atoms with van der Waals surface area (Å²) in [6.07, 6.45) is 2.00. The van der Waals surface area contributed by atoms with Crippen molar-refractivity contribution in [3.8, 4) is 17.0 Å². The molecule has 0 N–H and O–H groups in total. The molecule has 0 unspecified atom stereocenters. The molecule has 0 aliphatic carbocycles. The molecule has 0 saturated carbocycles. The zero-order valence-electron chi connectivity index (χ0n) is 15.8. The van der Waals surface area contributed by atoms with Crippen LogP contribution in [0.3, 0.4) is 0 Å². The molecule has 0 radical (unpaired) electrons. The molecule has 0 bridgehead atoms. The van der Waals surface area contributed by atoms with E-state index in [1.165, 1.54) is 0 Å². The van der Waals surface area contributed by atoms with E-state index in [-0.39, 0.29) is 11.9 Å². The molecule has 4 heteroatoms. The van der Waals surface area contributed by atoms with E-state index >= 15 is 0 Å². The van der Waals surface area contributed by atoms with Crippen LogP contribution in [0.1, 0.15) is 34.9 Å². The SMILES string of the molecule is COc1cccc([C@@H]2CCCN2C(=O)c2ccc(-c3ccccc3)n2C)c1. The second-order valence-electron chi connectivity index (χ2n) is 6.96. The number of rotatable bonds is 4. The Morgan fingerprint density at radius 1 is 1.04 bits per heavy atom. The van der Waals surface area contributed by atoms with E-state index in [0.717, 1.165) is 47.7 Å². The third-order valence-electron chi connectivity index (χ3n) is 5.40. The summed E-state index contributed by atoms with van der Waals surface area (Å²) in [5.74, 6) is 0.919. The van der Waals surface area contributed by atoms with Crippen LogP contribution < -0.4 is 4.74 Å². The minimum absolute atomic E-state index is 0.0880. The summed E-state index contributed by atoms with van der Waals surface area (Å²) in [4.78, 5) is 15.3. The van der Waals surface area contributed by atoms with Gasteiger partial charge in [-0.2, -0.15) is 0 Å². The third kappa shape index (κ3) is 3.23. The van der Waals surface area contributed by atoms with E-state index < -0.39 is 0 Å². The van der Waals surface area contributed by atoms with Gasteiger partial charge in [-0.05, 0) is 48.2 Å². The van der Waals surface area contributed by atoms with Gasteiger partial charge in [-0.15, -0.1) is 0 Å². The van der Waals surface area contributed by atoms with Gasteiger partial charge in [0.15, 0.2) is 0 Å². The number of nitrogens with zero attached hydrogens (tertiary/aromatic N) is 2. The molecule has 1 fully saturated rings. The molecule has 27 heavy (non-hydrogen) atoms. The van der Waals surface area contributed by atoms with E-state index in [4.69, 9.17) is 4.74 Å². The smallest absolute Gasteiger partial charge is 0.270 e. The van der Waals surface area contributed by atoms with Crippen LogP contribution in [0.2, 0.25) is 0 Å². The average Bonchev–Trinajstić information content (AvgIpc) is 3.35. The quantitative estimate of drug-likeness (QED) is 0.677. The first kappa shape index (κ1) is 17.4. The number of aromatic nitrogens is 1. The van der Waals surface area contributed by atoms with Gasteiger partial charge in [0.25, 0.3) is 5.91 Å². The fourth-order valence-electron chi connectivity index (χ4n) is 3.98. The lowest BCUT2D eigenvalue weighted by Gasteiger charge is -2.25. The highest BCUT2D eigenvalue weighted by atomic mass is 16.5. The number of likely N-dealkylation sites (tertiary alicyclic amines) is 1. The second kappa shape index (κ2) is 7.31. The number of hydrogen-bond acceptors (Lipinski definition) is 2. The summed E-state index contributed by atoms with van der Waals surface area (Å²) in [5, 5.41) is 0. The Morgan fingerprint density at radius 3 is 2.63 bits per heavy atom. The number of amides is 1. The standard InChI is InChI=1S/C23H24N2O2/c1-24-20(17-8-4-3-5-9-17)13-14-22(24)23(26)25-15-7-12-21(25)18-10-6-11-19(16-18)27-2/h3-6,8-11,13-14,16,21H,7,12,15H2,1-2H3/t21-/m0/s1. The van der Waals surface area contributed by atoms with Crippen LogP contribution in [-0.2, 0) is 7.05 Å². The van der Waals surface area contributed by atoms with E-state index in [1.54, 1.807) is 7.11 Å². The summed E-state index contributed by atoms with van der Waals surface area (Å²) < 4.78 is 7.36. The summed E-state index contributed by atoms with van der Waals surface area (Å²) in [6.45, 7) is 0.784. The van der Waals surface area contributed by atoms with Crippen LogP contribution >= 0.6 is 0 Å². The summed E-state index contributed by atoms with van der Waals surface area (Å²) in [5.41, 5.74) is 4.03. The first-order valence-corrected chi connectivity index (χ1v) is 9.35. The number of methoxy groups -OCH3 is 1. The maximum absolute atomic E-state index is 13.3. The molecule has 4 nitrogen and oxygen atoms in total. The summed E-state index contributed by atoms with van der Waals surface area (Å²) >= 11 is 0. The minimum Gasteiger partial charge on any atom is -0.497 e. The minimum atomic E-state index is 0.0880. The van der Waals surface area contributed by atoms with Crippen molar-refractivity contribution in [3.05, 3.63) is 78.0 Å². The fourth-order valence-corrected chi connectivity index (χ4v) is 3.98. The Hall–Kier alpha value is -3.01. The Bertz CT molecular complexity index is 946. The molecule has 1 aromatic heterocycles. The monoisotopic (exact) mass is 360 g/mol. The van der Waals surface area contributed by atoms with Gasteiger partial charge in [-0.1, -0.05) is 42.5 Å². The third-order valence-corrected chi connectivity index (χ3v) is 5.40. The first-order chi connectivity index (χ1) is 13.2. The Balaban J connectivity index is 1.63. The number of benzene rings is 2. The van der Waals surface area contributed by atoms with Gasteiger partial charge in [-0.25, -0.2) is 0 Å². The fraction of sp³-hybridized carbons (Fsp3) is 0.261. The van der Waals surface area contributed by atoms with Gasteiger partial charge in [0.05, 0.1) is 13.2 Å². The maximum atomic E-state index is 13.3. The van der Waals surface area contributed by atoms with Crippen LogP contribution in [0, 0.1) is 0 Å². The van der Waals surface area contributed by atoms with Crippen LogP contribution in [0.25, 0.3) is 11.3 Å². The topological polar surface area (TPSA) is 34.5 Å². The van der Waals surface area contributed by atoms with Gasteiger partial charge < -0.3 is 14.2 Å². The van der Waals surface area contributed by atoms with E-state index in [1.807, 2.05) is 65.0 Å². The van der Waals surface area contributed by atoms with Crippen LogP contribution in [0.15, 0.2) is 66.7 Å². The lowest BCUT2D eigenvalue weighted by atomic mass is 10.0. The Kier molecular flexibility index (Phi) is 4.71. The molecular weight excluding hydrogens is 336 g/mol. The predicted octanol–water partition coefficient (Wildman–Crippen LogP) is 4.68. The molecule has 1 amide bonds. The van der Waals surface area contributed by atoms with Crippen LogP contribution in [0.4, 0.5) is 0 Å². The molecule has 1 aliphatic heterocycles. The van der Waals surface area contributed by atoms with Crippen molar-refractivity contribution in [3.63, 3.8) is 0 Å². The number of carbonyl (C=O) groups excluding carboxylic acids is 1.